The molecule has 0 aliphatic rings. The summed E-state index contributed by atoms with van der Waals surface area (Å²) in [4.78, 5) is 4.02. The molecular weight excluding hydrogens is 303 g/mol. The van der Waals surface area contributed by atoms with Gasteiger partial charge in [0, 0.05) is 6.20 Å². The summed E-state index contributed by atoms with van der Waals surface area (Å²) in [5.41, 5.74) is 0.121. The molecule has 108 valence electrons. The molecule has 0 radical (unpaired) electrons. The highest BCUT2D eigenvalue weighted by Crippen LogP contribution is 2.36. The van der Waals surface area contributed by atoms with E-state index in [1.807, 2.05) is 0 Å². The number of anilines is 2. The number of aryl methyl sites for hydroxylation is 1. The second-order valence-electron chi connectivity index (χ2n) is 4.25. The van der Waals surface area contributed by atoms with Crippen LogP contribution in [0, 0.1) is 18.3 Å². The molecule has 0 spiro atoms. The van der Waals surface area contributed by atoms with Crippen molar-refractivity contribution in [3.63, 3.8) is 0 Å². The lowest BCUT2D eigenvalue weighted by molar-refractivity contribution is -0.137. The van der Waals surface area contributed by atoms with Crippen LogP contribution < -0.4 is 5.32 Å². The third-order valence-electron chi connectivity index (χ3n) is 2.81. The minimum atomic E-state index is -4.54. The maximum atomic E-state index is 12.8. The normalized spacial score (nSPS) is 11.0. The molecule has 0 aliphatic heterocycles. The summed E-state index contributed by atoms with van der Waals surface area (Å²) in [6.07, 6.45) is -2.98. The first kappa shape index (κ1) is 15.1. The van der Waals surface area contributed by atoms with E-state index in [0.29, 0.717) is 11.4 Å². The lowest BCUT2D eigenvalue weighted by Gasteiger charge is -2.14. The summed E-state index contributed by atoms with van der Waals surface area (Å²) >= 11 is 5.77. The summed E-state index contributed by atoms with van der Waals surface area (Å²) in [5, 5.41) is 11.6. The molecule has 21 heavy (non-hydrogen) atoms. The van der Waals surface area contributed by atoms with Gasteiger partial charge in [0.05, 0.1) is 33.2 Å². The molecule has 0 saturated carbocycles. The van der Waals surface area contributed by atoms with Gasteiger partial charge >= 0.3 is 6.18 Å². The van der Waals surface area contributed by atoms with Crippen molar-refractivity contribution in [2.24, 2.45) is 0 Å². The number of nitrogens with one attached hydrogen (secondary N) is 1. The first-order valence-electron chi connectivity index (χ1n) is 5.82. The maximum absolute atomic E-state index is 12.8. The zero-order valence-corrected chi connectivity index (χ0v) is 11.5. The average molecular weight is 312 g/mol. The van der Waals surface area contributed by atoms with Gasteiger partial charge < -0.3 is 5.32 Å². The molecule has 0 fully saturated rings. The van der Waals surface area contributed by atoms with Crippen LogP contribution in [-0.4, -0.2) is 4.98 Å². The number of nitrogens with zero attached hydrogens (tertiary/aromatic N) is 2. The molecule has 0 bridgehead atoms. The number of nitriles is 1. The summed E-state index contributed by atoms with van der Waals surface area (Å²) in [7, 11) is 0. The standard InChI is InChI=1S/C14H9ClF3N3/c1-8-12(3-2-4-20-8)21-13-6-9(14(16,17)18)5-11(15)10(13)7-19/h2-6,21H,1H3. The van der Waals surface area contributed by atoms with Crippen molar-refractivity contribution in [2.45, 2.75) is 13.1 Å². The predicted molar refractivity (Wildman–Crippen MR) is 73.4 cm³/mol. The Balaban J connectivity index is 2.54. The number of halogens is 4. The highest BCUT2D eigenvalue weighted by Gasteiger charge is 2.32. The topological polar surface area (TPSA) is 48.7 Å². The number of pyridine rings is 1. The van der Waals surface area contributed by atoms with Crippen LogP contribution in [0.3, 0.4) is 0 Å². The van der Waals surface area contributed by atoms with Gasteiger partial charge in [-0.3, -0.25) is 4.98 Å². The van der Waals surface area contributed by atoms with Crippen molar-refractivity contribution >= 4 is 23.0 Å². The molecule has 0 atom stereocenters. The molecule has 1 aromatic carbocycles. The smallest absolute Gasteiger partial charge is 0.353 e. The molecule has 0 amide bonds. The number of benzene rings is 1. The van der Waals surface area contributed by atoms with E-state index in [2.05, 4.69) is 10.3 Å². The molecule has 0 saturated heterocycles. The summed E-state index contributed by atoms with van der Waals surface area (Å²) in [6.45, 7) is 1.70. The van der Waals surface area contributed by atoms with Gasteiger partial charge in [-0.2, -0.15) is 18.4 Å². The third kappa shape index (κ3) is 3.26. The van der Waals surface area contributed by atoms with Gasteiger partial charge in [0.1, 0.15) is 6.07 Å². The Hall–Kier alpha value is -2.26. The van der Waals surface area contributed by atoms with Crippen LogP contribution in [0.25, 0.3) is 0 Å². The molecule has 2 rings (SSSR count). The molecular formula is C14H9ClF3N3. The van der Waals surface area contributed by atoms with Crippen molar-refractivity contribution in [1.29, 1.82) is 5.26 Å². The van der Waals surface area contributed by atoms with Crippen LogP contribution in [0.2, 0.25) is 5.02 Å². The second kappa shape index (κ2) is 5.62. The van der Waals surface area contributed by atoms with Gasteiger partial charge in [0.25, 0.3) is 0 Å². The Morgan fingerprint density at radius 1 is 1.29 bits per heavy atom. The van der Waals surface area contributed by atoms with E-state index in [-0.39, 0.29) is 16.3 Å². The average Bonchev–Trinajstić information content (AvgIpc) is 2.40. The molecule has 1 aromatic heterocycles. The van der Waals surface area contributed by atoms with E-state index < -0.39 is 11.7 Å². The SMILES string of the molecule is Cc1ncccc1Nc1cc(C(F)(F)F)cc(Cl)c1C#N. The monoisotopic (exact) mass is 311 g/mol. The predicted octanol–water partition coefficient (Wildman–Crippen LogP) is 4.68. The van der Waals surface area contributed by atoms with Crippen molar-refractivity contribution in [3.8, 4) is 6.07 Å². The van der Waals surface area contributed by atoms with Gasteiger partial charge in [-0.1, -0.05) is 11.6 Å². The highest BCUT2D eigenvalue weighted by molar-refractivity contribution is 6.32. The fourth-order valence-electron chi connectivity index (χ4n) is 1.74. The Morgan fingerprint density at radius 3 is 2.57 bits per heavy atom. The van der Waals surface area contributed by atoms with E-state index in [4.69, 9.17) is 16.9 Å². The minimum absolute atomic E-state index is 0.00609. The van der Waals surface area contributed by atoms with E-state index >= 15 is 0 Å². The Bertz CT molecular complexity index is 720. The van der Waals surface area contributed by atoms with Crippen molar-refractivity contribution < 1.29 is 13.2 Å². The van der Waals surface area contributed by atoms with E-state index in [1.54, 1.807) is 31.3 Å². The summed E-state index contributed by atoms with van der Waals surface area (Å²) in [5.74, 6) is 0. The van der Waals surface area contributed by atoms with E-state index in [9.17, 15) is 13.2 Å². The maximum Gasteiger partial charge on any atom is 0.416 e. The van der Waals surface area contributed by atoms with E-state index in [0.717, 1.165) is 12.1 Å². The highest BCUT2D eigenvalue weighted by atomic mass is 35.5. The number of hydrogen-bond donors (Lipinski definition) is 1. The van der Waals surface area contributed by atoms with Crippen LogP contribution >= 0.6 is 11.6 Å². The zero-order chi connectivity index (χ0) is 15.6. The molecule has 1 N–H and O–H groups in total. The van der Waals surface area contributed by atoms with Crippen LogP contribution in [-0.2, 0) is 6.18 Å². The van der Waals surface area contributed by atoms with Crippen molar-refractivity contribution in [2.75, 3.05) is 5.32 Å². The Morgan fingerprint density at radius 2 is 2.00 bits per heavy atom. The quantitative estimate of drug-likeness (QED) is 0.876. The largest absolute Gasteiger partial charge is 0.416 e. The molecule has 3 nitrogen and oxygen atoms in total. The summed E-state index contributed by atoms with van der Waals surface area (Å²) in [6, 6.07) is 6.68. The lowest BCUT2D eigenvalue weighted by atomic mass is 10.1. The Labute approximate surface area is 124 Å². The minimum Gasteiger partial charge on any atom is -0.353 e. The van der Waals surface area contributed by atoms with Crippen molar-refractivity contribution in [1.82, 2.24) is 4.98 Å². The van der Waals surface area contributed by atoms with Gasteiger partial charge in [-0.05, 0) is 31.2 Å². The first-order valence-corrected chi connectivity index (χ1v) is 6.20. The van der Waals surface area contributed by atoms with Gasteiger partial charge in [-0.15, -0.1) is 0 Å². The molecule has 2 aromatic rings. The second-order valence-corrected chi connectivity index (χ2v) is 4.66. The van der Waals surface area contributed by atoms with Gasteiger partial charge in [0.2, 0.25) is 0 Å². The fraction of sp³-hybridized carbons (Fsp3) is 0.143. The Kier molecular flexibility index (Phi) is 4.05. The zero-order valence-electron chi connectivity index (χ0n) is 10.8. The van der Waals surface area contributed by atoms with Gasteiger partial charge in [0.15, 0.2) is 0 Å². The fourth-order valence-corrected chi connectivity index (χ4v) is 2.01. The molecule has 0 aliphatic carbocycles. The van der Waals surface area contributed by atoms with Crippen LogP contribution in [0.1, 0.15) is 16.8 Å². The summed E-state index contributed by atoms with van der Waals surface area (Å²) < 4.78 is 38.5. The third-order valence-corrected chi connectivity index (χ3v) is 3.10. The van der Waals surface area contributed by atoms with Crippen LogP contribution in [0.15, 0.2) is 30.5 Å². The van der Waals surface area contributed by atoms with Crippen LogP contribution in [0.5, 0.6) is 0 Å². The van der Waals surface area contributed by atoms with Gasteiger partial charge in [-0.25, -0.2) is 0 Å². The number of rotatable bonds is 2. The van der Waals surface area contributed by atoms with Crippen LogP contribution in [0.4, 0.5) is 24.5 Å². The molecule has 7 heteroatoms. The number of alkyl halides is 3. The first-order chi connectivity index (χ1) is 9.82. The van der Waals surface area contributed by atoms with E-state index in [1.165, 1.54) is 0 Å². The molecule has 0 unspecified atom stereocenters. The number of aromatic nitrogens is 1. The molecule has 1 heterocycles. The lowest BCUT2D eigenvalue weighted by Crippen LogP contribution is -2.07. The van der Waals surface area contributed by atoms with Crippen molar-refractivity contribution in [3.05, 3.63) is 52.3 Å². The number of hydrogen-bond acceptors (Lipinski definition) is 3.